The van der Waals surface area contributed by atoms with E-state index in [4.69, 9.17) is 5.11 Å². The number of rotatable bonds is 7. The first-order valence-corrected chi connectivity index (χ1v) is 7.18. The number of hydrogen-bond donors (Lipinski definition) is 2. The minimum Gasteiger partial charge on any atom is -0.480 e. The van der Waals surface area contributed by atoms with E-state index in [9.17, 15) is 13.2 Å². The van der Waals surface area contributed by atoms with Gasteiger partial charge in [-0.1, -0.05) is 13.8 Å². The van der Waals surface area contributed by atoms with E-state index in [1.54, 1.807) is 0 Å². The summed E-state index contributed by atoms with van der Waals surface area (Å²) in [7, 11) is -3.44. The molecule has 1 fully saturated rings. The van der Waals surface area contributed by atoms with Gasteiger partial charge in [0.15, 0.2) is 0 Å². The summed E-state index contributed by atoms with van der Waals surface area (Å²) in [6, 6.07) is -0.997. The molecule has 0 heterocycles. The summed E-state index contributed by atoms with van der Waals surface area (Å²) in [5.74, 6) is -0.668. The third kappa shape index (κ3) is 4.94. The fourth-order valence-corrected chi connectivity index (χ4v) is 3.21. The summed E-state index contributed by atoms with van der Waals surface area (Å²) in [6.07, 6.45) is 2.19. The molecule has 1 atom stereocenters. The maximum absolute atomic E-state index is 11.6. The second-order valence-corrected chi connectivity index (χ2v) is 6.66. The Morgan fingerprint density at radius 3 is 2.38 bits per heavy atom. The van der Waals surface area contributed by atoms with Crippen LogP contribution < -0.4 is 4.72 Å². The number of carboxylic acids is 1. The Morgan fingerprint density at radius 1 is 1.44 bits per heavy atom. The maximum Gasteiger partial charge on any atom is 0.321 e. The molecule has 0 saturated heterocycles. The first-order chi connectivity index (χ1) is 7.30. The van der Waals surface area contributed by atoms with Crippen molar-refractivity contribution in [3.8, 4) is 0 Å². The lowest BCUT2D eigenvalue weighted by molar-refractivity contribution is -0.139. The van der Waals surface area contributed by atoms with Crippen LogP contribution >= 0.6 is 0 Å². The van der Waals surface area contributed by atoms with Gasteiger partial charge in [0.25, 0.3) is 0 Å². The van der Waals surface area contributed by atoms with Crippen molar-refractivity contribution < 1.29 is 18.3 Å². The number of aliphatic carboxylic acids is 1. The zero-order valence-electron chi connectivity index (χ0n) is 9.64. The molecule has 0 bridgehead atoms. The number of carboxylic acid groups (broad SMARTS) is 1. The smallest absolute Gasteiger partial charge is 0.321 e. The maximum atomic E-state index is 11.6. The molecule has 1 aliphatic carbocycles. The summed E-state index contributed by atoms with van der Waals surface area (Å²) < 4.78 is 25.5. The van der Waals surface area contributed by atoms with Crippen LogP contribution in [0.5, 0.6) is 0 Å². The molecule has 0 aromatic heterocycles. The molecule has 6 heteroatoms. The largest absolute Gasteiger partial charge is 0.480 e. The van der Waals surface area contributed by atoms with Crippen LogP contribution in [0.15, 0.2) is 0 Å². The lowest BCUT2D eigenvalue weighted by Gasteiger charge is -2.16. The topological polar surface area (TPSA) is 83.5 Å². The highest BCUT2D eigenvalue weighted by Crippen LogP contribution is 2.30. The van der Waals surface area contributed by atoms with E-state index in [0.29, 0.717) is 6.42 Å². The predicted octanol–water partition coefficient (Wildman–Crippen LogP) is 0.815. The summed E-state index contributed by atoms with van der Waals surface area (Å²) in [4.78, 5) is 10.9. The Kier molecular flexibility index (Phi) is 4.32. The number of nitrogens with one attached hydrogen (secondary N) is 1. The summed E-state index contributed by atoms with van der Waals surface area (Å²) in [5, 5.41) is 8.91. The Bertz CT molecular complexity index is 346. The molecule has 0 radical (unpaired) electrons. The van der Waals surface area contributed by atoms with E-state index in [2.05, 4.69) is 4.72 Å². The predicted molar refractivity (Wildman–Crippen MR) is 60.5 cm³/mol. The molecule has 2 N–H and O–H groups in total. The fourth-order valence-electron chi connectivity index (χ4n) is 1.53. The quantitative estimate of drug-likeness (QED) is 0.699. The van der Waals surface area contributed by atoms with Crippen LogP contribution in [0.2, 0.25) is 0 Å². The average molecular weight is 249 g/mol. The van der Waals surface area contributed by atoms with Gasteiger partial charge >= 0.3 is 5.97 Å². The Hall–Kier alpha value is -0.620. The van der Waals surface area contributed by atoms with Crippen molar-refractivity contribution in [1.29, 1.82) is 0 Å². The van der Waals surface area contributed by atoms with E-state index < -0.39 is 22.0 Å². The lowest BCUT2D eigenvalue weighted by Crippen LogP contribution is -2.42. The van der Waals surface area contributed by atoms with Crippen molar-refractivity contribution >= 4 is 16.0 Å². The number of hydrogen-bond acceptors (Lipinski definition) is 3. The summed E-state index contributed by atoms with van der Waals surface area (Å²) in [6.45, 7) is 3.73. The van der Waals surface area contributed by atoms with Gasteiger partial charge in [0.05, 0.1) is 5.75 Å². The van der Waals surface area contributed by atoms with E-state index >= 15 is 0 Å². The molecule has 1 rings (SSSR count). The van der Waals surface area contributed by atoms with Crippen LogP contribution in [0, 0.1) is 11.8 Å². The number of carbonyl (C=O) groups is 1. The molecule has 0 aromatic rings. The van der Waals surface area contributed by atoms with E-state index in [1.807, 2.05) is 13.8 Å². The van der Waals surface area contributed by atoms with Crippen molar-refractivity contribution in [2.75, 3.05) is 5.75 Å². The Labute approximate surface area is 96.3 Å². The van der Waals surface area contributed by atoms with Crippen LogP contribution in [0.1, 0.15) is 33.1 Å². The van der Waals surface area contributed by atoms with Gasteiger partial charge in [0.2, 0.25) is 10.0 Å². The van der Waals surface area contributed by atoms with Crippen molar-refractivity contribution in [3.63, 3.8) is 0 Å². The molecule has 1 saturated carbocycles. The molecule has 1 aliphatic rings. The molecule has 0 spiro atoms. The molecule has 0 unspecified atom stereocenters. The summed E-state index contributed by atoms with van der Waals surface area (Å²) >= 11 is 0. The third-order valence-corrected chi connectivity index (χ3v) is 4.03. The Morgan fingerprint density at radius 2 is 2.00 bits per heavy atom. The SMILES string of the molecule is CC(C)C[C@H](NS(=O)(=O)CC1CC1)C(=O)O. The Balaban J connectivity index is 2.55. The minimum absolute atomic E-state index is 0.0644. The van der Waals surface area contributed by atoms with Crippen molar-refractivity contribution in [2.45, 2.75) is 39.2 Å². The van der Waals surface area contributed by atoms with Crippen LogP contribution in [0.3, 0.4) is 0 Å². The van der Waals surface area contributed by atoms with Crippen molar-refractivity contribution in [1.82, 2.24) is 4.72 Å². The zero-order valence-corrected chi connectivity index (χ0v) is 10.5. The van der Waals surface area contributed by atoms with Crippen molar-refractivity contribution in [3.05, 3.63) is 0 Å². The number of sulfonamides is 1. The third-order valence-electron chi connectivity index (χ3n) is 2.48. The van der Waals surface area contributed by atoms with Crippen LogP contribution in [0.4, 0.5) is 0 Å². The van der Waals surface area contributed by atoms with Gasteiger partial charge in [-0.25, -0.2) is 13.1 Å². The van der Waals surface area contributed by atoms with E-state index in [0.717, 1.165) is 12.8 Å². The van der Waals surface area contributed by atoms with E-state index in [1.165, 1.54) is 0 Å². The molecular weight excluding hydrogens is 230 g/mol. The first-order valence-electron chi connectivity index (χ1n) is 5.53. The second kappa shape index (κ2) is 5.14. The average Bonchev–Trinajstić information content (AvgIpc) is 2.84. The van der Waals surface area contributed by atoms with Crippen LogP contribution in [0.25, 0.3) is 0 Å². The van der Waals surface area contributed by atoms with Crippen molar-refractivity contribution in [2.24, 2.45) is 11.8 Å². The van der Waals surface area contributed by atoms with Crippen LogP contribution in [-0.4, -0.2) is 31.3 Å². The van der Waals surface area contributed by atoms with Gasteiger partial charge in [-0.2, -0.15) is 0 Å². The highest BCUT2D eigenvalue weighted by atomic mass is 32.2. The lowest BCUT2D eigenvalue weighted by atomic mass is 10.1. The normalized spacial score (nSPS) is 18.7. The molecular formula is C10H19NO4S. The fraction of sp³-hybridized carbons (Fsp3) is 0.900. The van der Waals surface area contributed by atoms with Gasteiger partial charge in [0, 0.05) is 0 Å². The van der Waals surface area contributed by atoms with Gasteiger partial charge in [0.1, 0.15) is 6.04 Å². The summed E-state index contributed by atoms with van der Waals surface area (Å²) in [5.41, 5.74) is 0. The highest BCUT2D eigenvalue weighted by Gasteiger charge is 2.31. The second-order valence-electron chi connectivity index (χ2n) is 4.86. The molecule has 16 heavy (non-hydrogen) atoms. The van der Waals surface area contributed by atoms with E-state index in [-0.39, 0.29) is 17.6 Å². The van der Waals surface area contributed by atoms with Gasteiger partial charge in [-0.15, -0.1) is 0 Å². The molecule has 94 valence electrons. The zero-order chi connectivity index (χ0) is 12.3. The van der Waals surface area contributed by atoms with Gasteiger partial charge < -0.3 is 5.11 Å². The van der Waals surface area contributed by atoms with Gasteiger partial charge in [-0.05, 0) is 31.1 Å². The molecule has 0 aliphatic heterocycles. The first kappa shape index (κ1) is 13.4. The molecule has 0 aromatic carbocycles. The monoisotopic (exact) mass is 249 g/mol. The standard InChI is InChI=1S/C10H19NO4S/c1-7(2)5-9(10(12)13)11-16(14,15)6-8-3-4-8/h7-9,11H,3-6H2,1-2H3,(H,12,13)/t9-/m0/s1. The molecule has 0 amide bonds. The minimum atomic E-state index is -3.44. The van der Waals surface area contributed by atoms with Crippen LogP contribution in [-0.2, 0) is 14.8 Å². The van der Waals surface area contributed by atoms with Gasteiger partial charge in [-0.3, -0.25) is 4.79 Å². The molecule has 5 nitrogen and oxygen atoms in total. The highest BCUT2D eigenvalue weighted by molar-refractivity contribution is 7.89.